The molecular formula is C29H37N7O4S. The zero-order chi connectivity index (χ0) is 29.1. The maximum Gasteiger partial charge on any atom is 0.281 e. The Labute approximate surface area is 239 Å². The summed E-state index contributed by atoms with van der Waals surface area (Å²) in [7, 11) is -4.03. The molecule has 1 aliphatic rings. The Hall–Kier alpha value is -3.77. The van der Waals surface area contributed by atoms with E-state index in [0.717, 1.165) is 43.7 Å². The standard InChI is InChI=1S/C29H37N7O4S/c1-4-5-6-7-12-30-26(37)19-34-13-15-35(16-14-34)22-9-10-23-24(18-22)36-27(31-28(23)38)29(32-33-36)41(39,40)25-11-8-20(2)17-21(25)3/h8-11,17-18,33H,4-7,12-16,19H2,1-3H3,(H,30,37). The van der Waals surface area contributed by atoms with Crippen LogP contribution in [0, 0.1) is 13.8 Å². The van der Waals surface area contributed by atoms with Gasteiger partial charge in [0.05, 0.1) is 22.3 Å². The second-order valence-corrected chi connectivity index (χ2v) is 12.6. The van der Waals surface area contributed by atoms with Crippen LogP contribution in [0.2, 0.25) is 0 Å². The Balaban J connectivity index is 1.34. The molecule has 0 radical (unpaired) electrons. The first-order valence-electron chi connectivity index (χ1n) is 14.2. The number of piperazine rings is 1. The molecule has 1 fully saturated rings. The van der Waals surface area contributed by atoms with Crippen LogP contribution in [0.25, 0.3) is 16.6 Å². The number of rotatable bonds is 10. The molecule has 1 saturated heterocycles. The number of unbranched alkanes of at least 4 members (excludes halogenated alkanes) is 3. The van der Waals surface area contributed by atoms with Crippen LogP contribution in [-0.2, 0) is 14.6 Å². The minimum absolute atomic E-state index is 0.0369. The Kier molecular flexibility index (Phi) is 8.41. The Morgan fingerprint density at radius 2 is 1.80 bits per heavy atom. The molecule has 0 spiro atoms. The quantitative estimate of drug-likeness (QED) is 0.274. The van der Waals surface area contributed by atoms with Gasteiger partial charge in [-0.25, -0.2) is 18.1 Å². The molecule has 0 bridgehead atoms. The van der Waals surface area contributed by atoms with Crippen LogP contribution in [0.5, 0.6) is 0 Å². The number of fused-ring (bicyclic) bond motifs is 3. The number of aryl methyl sites for hydroxylation is 2. The van der Waals surface area contributed by atoms with Crippen LogP contribution in [0.15, 0.2) is 51.1 Å². The number of anilines is 1. The number of sulfone groups is 1. The van der Waals surface area contributed by atoms with E-state index in [1.807, 2.05) is 19.1 Å². The number of aromatic amines is 1. The fraction of sp³-hybridized carbons (Fsp3) is 0.448. The number of benzene rings is 2. The third kappa shape index (κ3) is 5.98. The second-order valence-electron chi connectivity index (χ2n) is 10.7. The minimum Gasteiger partial charge on any atom is -0.369 e. The van der Waals surface area contributed by atoms with E-state index in [0.29, 0.717) is 36.1 Å². The molecule has 2 aromatic carbocycles. The van der Waals surface area contributed by atoms with Crippen molar-refractivity contribution in [2.75, 3.05) is 44.2 Å². The first-order valence-corrected chi connectivity index (χ1v) is 15.6. The Bertz CT molecular complexity index is 1740. The smallest absolute Gasteiger partial charge is 0.281 e. The maximum atomic E-state index is 13.5. The largest absolute Gasteiger partial charge is 0.369 e. The fourth-order valence-electron chi connectivity index (χ4n) is 5.38. The maximum absolute atomic E-state index is 13.5. The van der Waals surface area contributed by atoms with Crippen molar-refractivity contribution < 1.29 is 13.2 Å². The van der Waals surface area contributed by atoms with Gasteiger partial charge >= 0.3 is 0 Å². The van der Waals surface area contributed by atoms with E-state index in [9.17, 15) is 18.0 Å². The predicted molar refractivity (Wildman–Crippen MR) is 158 cm³/mol. The molecule has 2 aromatic heterocycles. The summed E-state index contributed by atoms with van der Waals surface area (Å²) in [6.07, 6.45) is 4.51. The highest BCUT2D eigenvalue weighted by Crippen LogP contribution is 2.27. The van der Waals surface area contributed by atoms with Gasteiger partial charge in [-0.15, -0.1) is 5.10 Å². The van der Waals surface area contributed by atoms with E-state index in [1.165, 1.54) is 17.4 Å². The van der Waals surface area contributed by atoms with E-state index in [-0.39, 0.29) is 21.5 Å². The van der Waals surface area contributed by atoms with E-state index >= 15 is 0 Å². The molecule has 0 saturated carbocycles. The lowest BCUT2D eigenvalue weighted by atomic mass is 10.2. The molecule has 218 valence electrons. The first kappa shape index (κ1) is 28.7. The monoisotopic (exact) mass is 579 g/mol. The number of hydrogen-bond acceptors (Lipinski definition) is 8. The molecule has 11 nitrogen and oxygen atoms in total. The van der Waals surface area contributed by atoms with Crippen molar-refractivity contribution in [3.8, 4) is 0 Å². The number of nitrogens with one attached hydrogen (secondary N) is 2. The molecule has 1 amide bonds. The number of nitrogens with zero attached hydrogens (tertiary/aromatic N) is 5. The Morgan fingerprint density at radius 3 is 2.54 bits per heavy atom. The van der Waals surface area contributed by atoms with Crippen LogP contribution < -0.4 is 15.8 Å². The average molecular weight is 580 g/mol. The van der Waals surface area contributed by atoms with Crippen molar-refractivity contribution >= 4 is 38.0 Å². The predicted octanol–water partition coefficient (Wildman–Crippen LogP) is 2.84. The lowest BCUT2D eigenvalue weighted by molar-refractivity contribution is -0.122. The van der Waals surface area contributed by atoms with E-state index < -0.39 is 15.4 Å². The molecule has 3 heterocycles. The summed E-state index contributed by atoms with van der Waals surface area (Å²) in [4.78, 5) is 33.9. The zero-order valence-corrected chi connectivity index (χ0v) is 24.6. The zero-order valence-electron chi connectivity index (χ0n) is 23.8. The molecule has 0 unspecified atom stereocenters. The normalized spacial score (nSPS) is 14.7. The summed E-state index contributed by atoms with van der Waals surface area (Å²) in [6.45, 7) is 9.79. The average Bonchev–Trinajstić information content (AvgIpc) is 3.38. The van der Waals surface area contributed by atoms with Crippen molar-refractivity contribution in [1.29, 1.82) is 0 Å². The second kappa shape index (κ2) is 12.0. The van der Waals surface area contributed by atoms with Gasteiger partial charge < -0.3 is 10.2 Å². The number of H-pyrrole nitrogens is 1. The number of amides is 1. The van der Waals surface area contributed by atoms with Gasteiger partial charge in [-0.05, 0) is 50.1 Å². The molecule has 12 heteroatoms. The number of carbonyl (C=O) groups is 1. The lowest BCUT2D eigenvalue weighted by Crippen LogP contribution is -2.49. The molecule has 1 aliphatic heterocycles. The molecule has 2 N–H and O–H groups in total. The molecular weight excluding hydrogens is 542 g/mol. The molecule has 41 heavy (non-hydrogen) atoms. The van der Waals surface area contributed by atoms with Gasteiger partial charge in [0.2, 0.25) is 20.8 Å². The van der Waals surface area contributed by atoms with Crippen LogP contribution >= 0.6 is 0 Å². The van der Waals surface area contributed by atoms with Crippen molar-refractivity contribution in [3.05, 3.63) is 57.9 Å². The van der Waals surface area contributed by atoms with Crippen LogP contribution in [0.3, 0.4) is 0 Å². The molecule has 5 rings (SSSR count). The SMILES string of the molecule is CCCCCCNC(=O)CN1CCN(c2ccc3c(=O)nc4c(S(=O)(=O)c5ccc(C)cc5C)n[nH]n4c3c2)CC1. The van der Waals surface area contributed by atoms with Gasteiger partial charge in [0, 0.05) is 38.4 Å². The third-order valence-electron chi connectivity index (χ3n) is 7.65. The molecule has 4 aromatic rings. The highest BCUT2D eigenvalue weighted by molar-refractivity contribution is 7.91. The van der Waals surface area contributed by atoms with Gasteiger partial charge in [-0.3, -0.25) is 14.5 Å². The van der Waals surface area contributed by atoms with Crippen LogP contribution in [0.1, 0.15) is 43.7 Å². The third-order valence-corrected chi connectivity index (χ3v) is 9.47. The summed E-state index contributed by atoms with van der Waals surface area (Å²) in [5.41, 5.74) is 2.38. The van der Waals surface area contributed by atoms with Crippen LogP contribution in [0.4, 0.5) is 5.69 Å². The van der Waals surface area contributed by atoms with Gasteiger partial charge in [-0.2, -0.15) is 4.98 Å². The van der Waals surface area contributed by atoms with Gasteiger partial charge in [0.15, 0.2) is 5.65 Å². The fourth-order valence-corrected chi connectivity index (χ4v) is 6.86. The summed E-state index contributed by atoms with van der Waals surface area (Å²) in [5, 5.41) is 9.96. The Morgan fingerprint density at radius 1 is 1.02 bits per heavy atom. The highest BCUT2D eigenvalue weighted by atomic mass is 32.2. The highest BCUT2D eigenvalue weighted by Gasteiger charge is 2.28. The summed E-state index contributed by atoms with van der Waals surface area (Å²) >= 11 is 0. The molecule has 0 aliphatic carbocycles. The lowest BCUT2D eigenvalue weighted by Gasteiger charge is -2.35. The minimum atomic E-state index is -4.03. The summed E-state index contributed by atoms with van der Waals surface area (Å²) in [5.74, 6) is 0.0563. The summed E-state index contributed by atoms with van der Waals surface area (Å²) in [6, 6.07) is 10.5. The number of carbonyl (C=O) groups excluding carboxylic acids is 1. The molecule has 0 atom stereocenters. The van der Waals surface area contributed by atoms with Crippen LogP contribution in [-0.4, -0.2) is 78.3 Å². The number of aromatic nitrogens is 4. The van der Waals surface area contributed by atoms with Crippen molar-refractivity contribution in [2.24, 2.45) is 0 Å². The van der Waals surface area contributed by atoms with E-state index in [4.69, 9.17) is 0 Å². The van der Waals surface area contributed by atoms with E-state index in [2.05, 4.69) is 37.3 Å². The van der Waals surface area contributed by atoms with Crippen molar-refractivity contribution in [2.45, 2.75) is 56.4 Å². The van der Waals surface area contributed by atoms with Crippen molar-refractivity contribution in [3.63, 3.8) is 0 Å². The van der Waals surface area contributed by atoms with Crippen molar-refractivity contribution in [1.82, 2.24) is 30.0 Å². The topological polar surface area (TPSA) is 133 Å². The van der Waals surface area contributed by atoms with Gasteiger partial charge in [0.1, 0.15) is 0 Å². The summed E-state index contributed by atoms with van der Waals surface area (Å²) < 4.78 is 28.5. The van der Waals surface area contributed by atoms with Gasteiger partial charge in [-0.1, -0.05) is 43.9 Å². The first-order chi connectivity index (χ1) is 19.7. The number of hydrogen-bond donors (Lipinski definition) is 2. The van der Waals surface area contributed by atoms with E-state index in [1.54, 1.807) is 31.2 Å². The van der Waals surface area contributed by atoms with Gasteiger partial charge in [0.25, 0.3) is 5.56 Å².